The standard InChI is InChI=1S/C13H20N4O2/c1-3-4-13(19)16-8-10-5-6-15-17(10)11(9-16)7-12(18)14-2/h5-6,11H,3-4,7-9H2,1-2H3,(H,14,18)/t11-/m0/s1. The van der Waals surface area contributed by atoms with Crippen molar-refractivity contribution in [1.29, 1.82) is 0 Å². The van der Waals surface area contributed by atoms with Gasteiger partial charge in [0.15, 0.2) is 0 Å². The molecule has 2 heterocycles. The van der Waals surface area contributed by atoms with Crippen LogP contribution in [0, 0.1) is 0 Å². The minimum atomic E-state index is -0.0699. The summed E-state index contributed by atoms with van der Waals surface area (Å²) < 4.78 is 1.87. The number of aromatic nitrogens is 2. The first kappa shape index (κ1) is 13.6. The molecule has 0 fully saturated rings. The summed E-state index contributed by atoms with van der Waals surface area (Å²) in [7, 11) is 1.62. The van der Waals surface area contributed by atoms with Gasteiger partial charge in [-0.25, -0.2) is 0 Å². The molecule has 0 saturated heterocycles. The van der Waals surface area contributed by atoms with Gasteiger partial charge in [-0.1, -0.05) is 6.92 Å². The topological polar surface area (TPSA) is 67.2 Å². The molecule has 1 aromatic rings. The molecule has 19 heavy (non-hydrogen) atoms. The van der Waals surface area contributed by atoms with E-state index in [1.165, 1.54) is 0 Å². The van der Waals surface area contributed by atoms with Crippen molar-refractivity contribution in [2.45, 2.75) is 38.8 Å². The predicted octanol–water partition coefficient (Wildman–Crippen LogP) is 0.703. The Labute approximate surface area is 112 Å². The summed E-state index contributed by atoms with van der Waals surface area (Å²) in [5.74, 6) is 0.119. The predicted molar refractivity (Wildman–Crippen MR) is 70.3 cm³/mol. The number of rotatable bonds is 4. The Morgan fingerprint density at radius 1 is 1.53 bits per heavy atom. The van der Waals surface area contributed by atoms with Crippen molar-refractivity contribution >= 4 is 11.8 Å². The summed E-state index contributed by atoms with van der Waals surface area (Å²) >= 11 is 0. The van der Waals surface area contributed by atoms with Crippen LogP contribution in [0.3, 0.4) is 0 Å². The average Bonchev–Trinajstić information content (AvgIpc) is 2.87. The van der Waals surface area contributed by atoms with Crippen LogP contribution in [0.1, 0.15) is 37.9 Å². The van der Waals surface area contributed by atoms with Crippen LogP contribution < -0.4 is 5.32 Å². The van der Waals surface area contributed by atoms with Crippen LogP contribution in [0.15, 0.2) is 12.3 Å². The number of nitrogens with one attached hydrogen (secondary N) is 1. The van der Waals surface area contributed by atoms with Crippen molar-refractivity contribution in [1.82, 2.24) is 20.0 Å². The Kier molecular flexibility index (Phi) is 4.19. The highest BCUT2D eigenvalue weighted by molar-refractivity contribution is 5.77. The number of amides is 2. The number of hydrogen-bond donors (Lipinski definition) is 1. The molecule has 104 valence electrons. The molecule has 6 nitrogen and oxygen atoms in total. The highest BCUT2D eigenvalue weighted by Gasteiger charge is 2.29. The number of nitrogens with zero attached hydrogens (tertiary/aromatic N) is 3. The third-order valence-corrected chi connectivity index (χ3v) is 3.40. The average molecular weight is 264 g/mol. The molecule has 0 aliphatic carbocycles. The molecule has 0 radical (unpaired) electrons. The van der Waals surface area contributed by atoms with Gasteiger partial charge in [0.05, 0.1) is 24.7 Å². The van der Waals surface area contributed by atoms with Crippen molar-refractivity contribution in [3.05, 3.63) is 18.0 Å². The second-order valence-electron chi connectivity index (χ2n) is 4.82. The van der Waals surface area contributed by atoms with Crippen LogP contribution in [-0.4, -0.2) is 40.1 Å². The first-order chi connectivity index (χ1) is 9.15. The van der Waals surface area contributed by atoms with E-state index in [1.807, 2.05) is 22.6 Å². The minimum Gasteiger partial charge on any atom is -0.359 e. The van der Waals surface area contributed by atoms with Gasteiger partial charge in [-0.05, 0) is 12.5 Å². The zero-order chi connectivity index (χ0) is 13.8. The molecule has 2 amide bonds. The molecular formula is C13H20N4O2. The lowest BCUT2D eigenvalue weighted by atomic mass is 10.1. The Bertz CT molecular complexity index is 469. The van der Waals surface area contributed by atoms with E-state index in [4.69, 9.17) is 0 Å². The molecule has 2 rings (SSSR count). The molecule has 1 aliphatic rings. The molecule has 1 atom stereocenters. The zero-order valence-corrected chi connectivity index (χ0v) is 11.4. The largest absolute Gasteiger partial charge is 0.359 e. The SMILES string of the molecule is CCCC(=O)N1Cc2ccnn2[C@@H](CC(=O)NC)C1. The molecule has 1 N–H and O–H groups in total. The van der Waals surface area contributed by atoms with E-state index in [9.17, 15) is 9.59 Å². The summed E-state index contributed by atoms with van der Waals surface area (Å²) in [4.78, 5) is 25.4. The summed E-state index contributed by atoms with van der Waals surface area (Å²) in [5, 5.41) is 6.89. The van der Waals surface area contributed by atoms with Crippen LogP contribution in [0.25, 0.3) is 0 Å². The minimum absolute atomic E-state index is 0.0313. The van der Waals surface area contributed by atoms with Gasteiger partial charge in [-0.3, -0.25) is 14.3 Å². The van der Waals surface area contributed by atoms with Crippen molar-refractivity contribution in [2.75, 3.05) is 13.6 Å². The zero-order valence-electron chi connectivity index (χ0n) is 11.4. The number of fused-ring (bicyclic) bond motifs is 1. The van der Waals surface area contributed by atoms with Gasteiger partial charge < -0.3 is 10.2 Å². The second kappa shape index (κ2) is 5.86. The first-order valence-corrected chi connectivity index (χ1v) is 6.66. The lowest BCUT2D eigenvalue weighted by molar-refractivity contribution is -0.134. The summed E-state index contributed by atoms with van der Waals surface area (Å²) in [6.07, 6.45) is 3.47. The third-order valence-electron chi connectivity index (χ3n) is 3.40. The van der Waals surface area contributed by atoms with Gasteiger partial charge >= 0.3 is 0 Å². The maximum atomic E-state index is 12.0. The van der Waals surface area contributed by atoms with Gasteiger partial charge in [0.2, 0.25) is 11.8 Å². The Hall–Kier alpha value is -1.85. The highest BCUT2D eigenvalue weighted by atomic mass is 16.2. The smallest absolute Gasteiger partial charge is 0.222 e. The number of carbonyl (C=O) groups is 2. The Morgan fingerprint density at radius 3 is 3.00 bits per heavy atom. The maximum Gasteiger partial charge on any atom is 0.222 e. The van der Waals surface area contributed by atoms with E-state index in [0.29, 0.717) is 25.9 Å². The molecule has 0 unspecified atom stereocenters. The van der Waals surface area contributed by atoms with Crippen LogP contribution in [0.4, 0.5) is 0 Å². The lowest BCUT2D eigenvalue weighted by Crippen LogP contribution is -2.42. The van der Waals surface area contributed by atoms with Crippen molar-refractivity contribution in [3.8, 4) is 0 Å². The summed E-state index contributed by atoms with van der Waals surface area (Å²) in [6, 6.07) is 1.84. The summed E-state index contributed by atoms with van der Waals surface area (Å²) in [5.41, 5.74) is 0.990. The summed E-state index contributed by atoms with van der Waals surface area (Å²) in [6.45, 7) is 3.14. The molecular weight excluding hydrogens is 244 g/mol. The van der Waals surface area contributed by atoms with E-state index in [0.717, 1.165) is 12.1 Å². The van der Waals surface area contributed by atoms with Gasteiger partial charge in [0, 0.05) is 26.2 Å². The van der Waals surface area contributed by atoms with Gasteiger partial charge in [0.25, 0.3) is 0 Å². The molecule has 0 aromatic carbocycles. The molecule has 0 spiro atoms. The fourth-order valence-corrected chi connectivity index (χ4v) is 2.42. The van der Waals surface area contributed by atoms with E-state index >= 15 is 0 Å². The number of carbonyl (C=O) groups excluding carboxylic acids is 2. The Balaban J connectivity index is 2.15. The normalized spacial score (nSPS) is 18.0. The van der Waals surface area contributed by atoms with Crippen molar-refractivity contribution in [2.24, 2.45) is 0 Å². The third kappa shape index (κ3) is 2.94. The van der Waals surface area contributed by atoms with E-state index in [2.05, 4.69) is 10.4 Å². The van der Waals surface area contributed by atoms with Crippen LogP contribution in [-0.2, 0) is 16.1 Å². The Morgan fingerprint density at radius 2 is 2.32 bits per heavy atom. The van der Waals surface area contributed by atoms with Crippen LogP contribution in [0.2, 0.25) is 0 Å². The second-order valence-corrected chi connectivity index (χ2v) is 4.82. The van der Waals surface area contributed by atoms with E-state index < -0.39 is 0 Å². The van der Waals surface area contributed by atoms with Gasteiger partial charge in [0.1, 0.15) is 0 Å². The fourth-order valence-electron chi connectivity index (χ4n) is 2.42. The van der Waals surface area contributed by atoms with E-state index in [-0.39, 0.29) is 17.9 Å². The van der Waals surface area contributed by atoms with Gasteiger partial charge in [-0.2, -0.15) is 5.10 Å². The molecule has 1 aromatic heterocycles. The molecule has 1 aliphatic heterocycles. The maximum absolute atomic E-state index is 12.0. The van der Waals surface area contributed by atoms with Crippen molar-refractivity contribution in [3.63, 3.8) is 0 Å². The fraction of sp³-hybridized carbons (Fsp3) is 0.615. The van der Waals surface area contributed by atoms with Gasteiger partial charge in [-0.15, -0.1) is 0 Å². The van der Waals surface area contributed by atoms with E-state index in [1.54, 1.807) is 13.2 Å². The monoisotopic (exact) mass is 264 g/mol. The van der Waals surface area contributed by atoms with Crippen LogP contribution >= 0.6 is 0 Å². The lowest BCUT2D eigenvalue weighted by Gasteiger charge is -2.33. The molecule has 0 saturated carbocycles. The molecule has 0 bridgehead atoms. The molecule has 6 heteroatoms. The highest BCUT2D eigenvalue weighted by Crippen LogP contribution is 2.23. The van der Waals surface area contributed by atoms with Crippen molar-refractivity contribution < 1.29 is 9.59 Å². The van der Waals surface area contributed by atoms with Crippen LogP contribution in [0.5, 0.6) is 0 Å². The quantitative estimate of drug-likeness (QED) is 0.870. The first-order valence-electron chi connectivity index (χ1n) is 6.66. The number of hydrogen-bond acceptors (Lipinski definition) is 3.